The normalized spacial score (nSPS) is 14.2. The molecule has 0 unspecified atom stereocenters. The van der Waals surface area contributed by atoms with E-state index in [0.717, 1.165) is 39.6 Å². The average Bonchev–Trinajstić information content (AvgIpc) is 3.40. The van der Waals surface area contributed by atoms with E-state index < -0.39 is 0 Å². The molecule has 2 heterocycles. The maximum Gasteiger partial charge on any atom is 0.291 e. The molecule has 7 nitrogen and oxygen atoms in total. The number of anilines is 1. The number of furan rings is 2. The molecule has 2 amide bonds. The molecule has 4 aromatic rings. The first-order valence-electron chi connectivity index (χ1n) is 11.8. The van der Waals surface area contributed by atoms with E-state index in [2.05, 4.69) is 21.9 Å². The zero-order valence-electron chi connectivity index (χ0n) is 20.3. The van der Waals surface area contributed by atoms with Crippen LogP contribution < -0.4 is 10.7 Å². The van der Waals surface area contributed by atoms with Gasteiger partial charge in [-0.25, -0.2) is 5.43 Å². The van der Waals surface area contributed by atoms with Crippen molar-refractivity contribution in [2.75, 3.05) is 5.32 Å². The van der Waals surface area contributed by atoms with E-state index in [1.807, 2.05) is 26.8 Å². The first kappa shape index (κ1) is 23.9. The van der Waals surface area contributed by atoms with Crippen LogP contribution in [0.5, 0.6) is 0 Å². The monoisotopic (exact) mass is 503 g/mol. The summed E-state index contributed by atoms with van der Waals surface area (Å²) in [6.07, 6.45) is 3.99. The molecule has 0 saturated carbocycles. The summed E-state index contributed by atoms with van der Waals surface area (Å²) in [6.45, 7) is 5.86. The number of carbonyl (C=O) groups excluding carboxylic acids is 2. The van der Waals surface area contributed by atoms with Crippen molar-refractivity contribution in [1.82, 2.24) is 5.43 Å². The topological polar surface area (TPSA) is 96.8 Å². The number of hydrogen-bond donors (Lipinski definition) is 2. The van der Waals surface area contributed by atoms with Crippen molar-refractivity contribution in [3.63, 3.8) is 0 Å². The minimum atomic E-state index is -0.343. The van der Waals surface area contributed by atoms with E-state index >= 15 is 0 Å². The molecule has 2 aromatic carbocycles. The summed E-state index contributed by atoms with van der Waals surface area (Å²) in [5.74, 6) is 0.371. The number of aryl methyl sites for hydroxylation is 3. The molecule has 0 aliphatic heterocycles. The molecule has 0 atom stereocenters. The van der Waals surface area contributed by atoms with Crippen LogP contribution in [0.4, 0.5) is 5.69 Å². The van der Waals surface area contributed by atoms with Gasteiger partial charge in [0.25, 0.3) is 5.91 Å². The fraction of sp³-hybridized carbons (Fsp3) is 0.250. The van der Waals surface area contributed by atoms with E-state index in [0.29, 0.717) is 40.6 Å². The molecule has 184 valence electrons. The van der Waals surface area contributed by atoms with Crippen molar-refractivity contribution in [1.29, 1.82) is 0 Å². The summed E-state index contributed by atoms with van der Waals surface area (Å²) in [6, 6.07) is 10.9. The Morgan fingerprint density at radius 1 is 1.08 bits per heavy atom. The highest BCUT2D eigenvalue weighted by atomic mass is 35.5. The van der Waals surface area contributed by atoms with Crippen molar-refractivity contribution in [2.24, 2.45) is 5.10 Å². The second kappa shape index (κ2) is 9.66. The van der Waals surface area contributed by atoms with E-state index in [9.17, 15) is 9.59 Å². The predicted molar refractivity (Wildman–Crippen MR) is 140 cm³/mol. The zero-order chi connectivity index (χ0) is 25.4. The first-order chi connectivity index (χ1) is 17.3. The highest BCUT2D eigenvalue weighted by Crippen LogP contribution is 2.31. The lowest BCUT2D eigenvalue weighted by molar-refractivity contribution is -0.120. The Morgan fingerprint density at radius 3 is 2.64 bits per heavy atom. The second-order valence-electron chi connectivity index (χ2n) is 9.16. The summed E-state index contributed by atoms with van der Waals surface area (Å²) >= 11 is 5.93. The molecule has 2 N–H and O–H groups in total. The molecule has 8 heteroatoms. The van der Waals surface area contributed by atoms with Crippen LogP contribution in [0.25, 0.3) is 11.0 Å². The fourth-order valence-corrected chi connectivity index (χ4v) is 4.94. The highest BCUT2D eigenvalue weighted by molar-refractivity contribution is 6.30. The first-order valence-corrected chi connectivity index (χ1v) is 12.2. The highest BCUT2D eigenvalue weighted by Gasteiger charge is 2.28. The molecular weight excluding hydrogens is 478 g/mol. The lowest BCUT2D eigenvalue weighted by Crippen LogP contribution is -2.23. The standard InChI is InChI=1S/C28H26ClN3O4/c1-15-11-16(2)25-18(14-35-23(25)12-15)13-24(33)32-31-21-5-4-6-22-26(21)17(3)27(36-22)28(34)30-20-9-7-19(29)8-10-20/h7-12,14H,4-6,13H2,1-3H3,(H,30,34)(H,32,33)/b31-21+. The minimum Gasteiger partial charge on any atom is -0.464 e. The van der Waals surface area contributed by atoms with Crippen LogP contribution in [-0.2, 0) is 17.6 Å². The summed E-state index contributed by atoms with van der Waals surface area (Å²) < 4.78 is 11.6. The lowest BCUT2D eigenvalue weighted by Gasteiger charge is -2.13. The van der Waals surface area contributed by atoms with Gasteiger partial charge in [-0.3, -0.25) is 9.59 Å². The number of benzene rings is 2. The number of hydrazone groups is 1. The number of nitrogens with one attached hydrogen (secondary N) is 2. The molecular formula is C28H26ClN3O4. The third-order valence-electron chi connectivity index (χ3n) is 6.39. The van der Waals surface area contributed by atoms with Crippen LogP contribution in [0.3, 0.4) is 0 Å². The van der Waals surface area contributed by atoms with Gasteiger partial charge in [0.2, 0.25) is 5.91 Å². The molecule has 2 aromatic heterocycles. The van der Waals surface area contributed by atoms with Gasteiger partial charge in [-0.05, 0) is 75.1 Å². The van der Waals surface area contributed by atoms with E-state index in [1.54, 1.807) is 30.5 Å². The zero-order valence-corrected chi connectivity index (χ0v) is 21.1. The van der Waals surface area contributed by atoms with E-state index in [-0.39, 0.29) is 24.0 Å². The summed E-state index contributed by atoms with van der Waals surface area (Å²) in [5, 5.41) is 8.82. The van der Waals surface area contributed by atoms with Crippen LogP contribution >= 0.6 is 11.6 Å². The number of carbonyl (C=O) groups is 2. The summed E-state index contributed by atoms with van der Waals surface area (Å²) in [4.78, 5) is 25.6. The molecule has 0 spiro atoms. The molecule has 36 heavy (non-hydrogen) atoms. The number of rotatable bonds is 5. The summed E-state index contributed by atoms with van der Waals surface area (Å²) in [5.41, 5.74) is 9.30. The van der Waals surface area contributed by atoms with Crippen LogP contribution in [0.2, 0.25) is 5.02 Å². The Morgan fingerprint density at radius 2 is 1.86 bits per heavy atom. The number of hydrogen-bond acceptors (Lipinski definition) is 5. The van der Waals surface area contributed by atoms with Crippen molar-refractivity contribution in [3.8, 4) is 0 Å². The molecule has 0 bridgehead atoms. The van der Waals surface area contributed by atoms with Crippen LogP contribution in [0, 0.1) is 20.8 Å². The van der Waals surface area contributed by atoms with Crippen LogP contribution in [0.1, 0.15) is 57.0 Å². The largest absolute Gasteiger partial charge is 0.464 e. The minimum absolute atomic E-state index is 0.152. The van der Waals surface area contributed by atoms with Crippen molar-refractivity contribution in [2.45, 2.75) is 46.5 Å². The van der Waals surface area contributed by atoms with E-state index in [4.69, 9.17) is 20.4 Å². The van der Waals surface area contributed by atoms with Gasteiger partial charge in [0.05, 0.1) is 18.4 Å². The number of fused-ring (bicyclic) bond motifs is 2. The third-order valence-corrected chi connectivity index (χ3v) is 6.65. The van der Waals surface area contributed by atoms with Gasteiger partial charge < -0.3 is 14.2 Å². The lowest BCUT2D eigenvalue weighted by atomic mass is 9.93. The number of nitrogens with zero attached hydrogens (tertiary/aromatic N) is 1. The SMILES string of the molecule is Cc1cc(C)c2c(CC(=O)N/N=C3\CCCc4oc(C(=O)Nc5ccc(Cl)cc5)c(C)c43)coc2c1. The third kappa shape index (κ3) is 4.66. The smallest absolute Gasteiger partial charge is 0.291 e. The van der Waals surface area contributed by atoms with Crippen molar-refractivity contribution in [3.05, 3.63) is 87.0 Å². The molecule has 5 rings (SSSR count). The van der Waals surface area contributed by atoms with Gasteiger partial charge in [-0.15, -0.1) is 0 Å². The average molecular weight is 504 g/mol. The van der Waals surface area contributed by atoms with Crippen LogP contribution in [0.15, 0.2) is 56.6 Å². The Bertz CT molecular complexity index is 1510. The number of amides is 2. The Balaban J connectivity index is 1.33. The van der Waals surface area contributed by atoms with Gasteiger partial charge >= 0.3 is 0 Å². The quantitative estimate of drug-likeness (QED) is 0.314. The van der Waals surface area contributed by atoms with Gasteiger partial charge in [-0.1, -0.05) is 17.7 Å². The number of halogens is 1. The Labute approximate surface area is 213 Å². The predicted octanol–water partition coefficient (Wildman–Crippen LogP) is 6.26. The van der Waals surface area contributed by atoms with Gasteiger partial charge in [0, 0.05) is 39.2 Å². The van der Waals surface area contributed by atoms with Gasteiger partial charge in [0.15, 0.2) is 5.76 Å². The Kier molecular flexibility index (Phi) is 6.41. The fourth-order valence-electron chi connectivity index (χ4n) is 4.82. The van der Waals surface area contributed by atoms with Gasteiger partial charge in [-0.2, -0.15) is 5.10 Å². The Hall–Kier alpha value is -3.84. The molecule has 0 saturated heterocycles. The molecule has 0 radical (unpaired) electrons. The maximum absolute atomic E-state index is 12.9. The summed E-state index contributed by atoms with van der Waals surface area (Å²) in [7, 11) is 0. The van der Waals surface area contributed by atoms with Crippen LogP contribution in [-0.4, -0.2) is 17.5 Å². The van der Waals surface area contributed by atoms with Crippen molar-refractivity contribution < 1.29 is 18.4 Å². The van der Waals surface area contributed by atoms with E-state index in [1.165, 1.54) is 0 Å². The van der Waals surface area contributed by atoms with Crippen molar-refractivity contribution >= 4 is 45.8 Å². The van der Waals surface area contributed by atoms with Gasteiger partial charge in [0.1, 0.15) is 11.3 Å². The molecule has 0 fully saturated rings. The molecule has 1 aliphatic rings. The molecule has 1 aliphatic carbocycles. The maximum atomic E-state index is 12.9. The second-order valence-corrected chi connectivity index (χ2v) is 9.59.